The summed E-state index contributed by atoms with van der Waals surface area (Å²) in [5.74, 6) is 0.0820. The average Bonchev–Trinajstić information content (AvgIpc) is 2.83. The number of nitrogens with zero attached hydrogens (tertiary/aromatic N) is 3. The Morgan fingerprint density at radius 1 is 1.35 bits per heavy atom. The molecule has 0 aliphatic carbocycles. The number of hydrogen-bond acceptors (Lipinski definition) is 4. The maximum atomic E-state index is 12.4. The normalized spacial score (nSPS) is 10.8. The molecule has 0 aliphatic rings. The van der Waals surface area contributed by atoms with Crippen LogP contribution in [-0.2, 0) is 6.54 Å². The Labute approximate surface area is 122 Å². The second-order valence-electron chi connectivity index (χ2n) is 4.74. The smallest absolute Gasteiger partial charge is 0.311 e. The van der Waals surface area contributed by atoms with E-state index < -0.39 is 0 Å². The van der Waals surface area contributed by atoms with E-state index in [9.17, 15) is 4.79 Å². The van der Waals surface area contributed by atoms with Crippen LogP contribution in [0.25, 0.3) is 0 Å². The minimum absolute atomic E-state index is 0.00301. The first-order chi connectivity index (χ1) is 9.49. The molecule has 0 atom stereocenters. The number of rotatable bonds is 4. The fourth-order valence-corrected chi connectivity index (χ4v) is 2.00. The molecular weight excluding hydrogens is 278 g/mol. The van der Waals surface area contributed by atoms with E-state index in [2.05, 4.69) is 10.2 Å². The van der Waals surface area contributed by atoms with Crippen LogP contribution in [0, 0.1) is 6.92 Å². The number of carbonyl (C=O) groups excluding carboxylic acids is 1. The molecular formula is C14H16ClN3O2. The fourth-order valence-electron chi connectivity index (χ4n) is 1.80. The summed E-state index contributed by atoms with van der Waals surface area (Å²) in [6, 6.07) is 7.43. The van der Waals surface area contributed by atoms with Gasteiger partial charge in [0.15, 0.2) is 0 Å². The number of carbonyl (C=O) groups is 1. The molecule has 0 N–H and O–H groups in total. The SMILES string of the molecule is Cc1nnc(C(=O)N(Cc2ccccc2Cl)C(C)C)o1. The molecule has 0 saturated carbocycles. The zero-order valence-electron chi connectivity index (χ0n) is 11.6. The van der Waals surface area contributed by atoms with Gasteiger partial charge in [-0.2, -0.15) is 0 Å². The summed E-state index contributed by atoms with van der Waals surface area (Å²) in [5, 5.41) is 8.09. The van der Waals surface area contributed by atoms with Crippen LogP contribution in [0.3, 0.4) is 0 Å². The average molecular weight is 294 g/mol. The van der Waals surface area contributed by atoms with Gasteiger partial charge in [0.05, 0.1) is 0 Å². The van der Waals surface area contributed by atoms with E-state index in [-0.39, 0.29) is 17.8 Å². The highest BCUT2D eigenvalue weighted by atomic mass is 35.5. The maximum absolute atomic E-state index is 12.4. The Bertz CT molecular complexity index is 610. The second kappa shape index (κ2) is 6.05. The van der Waals surface area contributed by atoms with E-state index in [1.807, 2.05) is 32.0 Å². The van der Waals surface area contributed by atoms with E-state index in [1.165, 1.54) is 0 Å². The van der Waals surface area contributed by atoms with Crippen molar-refractivity contribution in [2.45, 2.75) is 33.4 Å². The molecule has 2 aromatic rings. The number of aryl methyl sites for hydroxylation is 1. The van der Waals surface area contributed by atoms with Gasteiger partial charge in [0.1, 0.15) is 0 Å². The first-order valence-electron chi connectivity index (χ1n) is 6.33. The lowest BCUT2D eigenvalue weighted by Gasteiger charge is -2.25. The van der Waals surface area contributed by atoms with Crippen molar-refractivity contribution in [3.05, 3.63) is 46.6 Å². The number of hydrogen-bond donors (Lipinski definition) is 0. The topological polar surface area (TPSA) is 59.2 Å². The monoisotopic (exact) mass is 293 g/mol. The molecule has 0 radical (unpaired) electrons. The Hall–Kier alpha value is -1.88. The number of amides is 1. The third-order valence-electron chi connectivity index (χ3n) is 2.89. The number of aromatic nitrogens is 2. The zero-order valence-corrected chi connectivity index (χ0v) is 12.4. The Kier molecular flexibility index (Phi) is 4.39. The van der Waals surface area contributed by atoms with Crippen LogP contribution < -0.4 is 0 Å². The molecule has 0 saturated heterocycles. The maximum Gasteiger partial charge on any atom is 0.311 e. The van der Waals surface area contributed by atoms with Crippen molar-refractivity contribution in [3.8, 4) is 0 Å². The van der Waals surface area contributed by atoms with Crippen molar-refractivity contribution in [3.63, 3.8) is 0 Å². The summed E-state index contributed by atoms with van der Waals surface area (Å²) in [4.78, 5) is 14.0. The standard InChI is InChI=1S/C14H16ClN3O2/c1-9(2)18(8-11-6-4-5-7-12(11)15)14(19)13-17-16-10(3)20-13/h4-7,9H,8H2,1-3H3. The van der Waals surface area contributed by atoms with Crippen molar-refractivity contribution in [2.75, 3.05) is 0 Å². The largest absolute Gasteiger partial charge is 0.417 e. The van der Waals surface area contributed by atoms with E-state index in [1.54, 1.807) is 17.9 Å². The van der Waals surface area contributed by atoms with Crippen molar-refractivity contribution < 1.29 is 9.21 Å². The van der Waals surface area contributed by atoms with Gasteiger partial charge in [0, 0.05) is 24.5 Å². The van der Waals surface area contributed by atoms with Crippen molar-refractivity contribution in [1.29, 1.82) is 0 Å². The summed E-state index contributed by atoms with van der Waals surface area (Å²) in [6.45, 7) is 5.91. The molecule has 1 heterocycles. The van der Waals surface area contributed by atoms with Crippen LogP contribution in [0.2, 0.25) is 5.02 Å². The Morgan fingerprint density at radius 3 is 2.60 bits per heavy atom. The lowest BCUT2D eigenvalue weighted by Crippen LogP contribution is -2.36. The Morgan fingerprint density at radius 2 is 2.05 bits per heavy atom. The van der Waals surface area contributed by atoms with Crippen LogP contribution in [-0.4, -0.2) is 27.0 Å². The van der Waals surface area contributed by atoms with Gasteiger partial charge < -0.3 is 9.32 Å². The molecule has 20 heavy (non-hydrogen) atoms. The van der Waals surface area contributed by atoms with Gasteiger partial charge in [-0.1, -0.05) is 29.8 Å². The van der Waals surface area contributed by atoms with Crippen LogP contribution in [0.15, 0.2) is 28.7 Å². The zero-order chi connectivity index (χ0) is 14.7. The minimum atomic E-state index is -0.291. The predicted octanol–water partition coefficient (Wildman–Crippen LogP) is 3.08. The van der Waals surface area contributed by atoms with Gasteiger partial charge >= 0.3 is 11.8 Å². The lowest BCUT2D eigenvalue weighted by atomic mass is 10.2. The van der Waals surface area contributed by atoms with Gasteiger partial charge in [-0.05, 0) is 25.5 Å². The lowest BCUT2D eigenvalue weighted by molar-refractivity contribution is 0.0647. The summed E-state index contributed by atoms with van der Waals surface area (Å²) < 4.78 is 5.20. The number of halogens is 1. The summed E-state index contributed by atoms with van der Waals surface area (Å²) in [7, 11) is 0. The molecule has 0 fully saturated rings. The first-order valence-corrected chi connectivity index (χ1v) is 6.71. The van der Waals surface area contributed by atoms with Gasteiger partial charge in [0.2, 0.25) is 5.89 Å². The first kappa shape index (κ1) is 14.5. The Balaban J connectivity index is 2.24. The van der Waals surface area contributed by atoms with E-state index >= 15 is 0 Å². The molecule has 6 heteroatoms. The van der Waals surface area contributed by atoms with Crippen molar-refractivity contribution >= 4 is 17.5 Å². The van der Waals surface area contributed by atoms with Gasteiger partial charge in [-0.25, -0.2) is 0 Å². The highest BCUT2D eigenvalue weighted by molar-refractivity contribution is 6.31. The second-order valence-corrected chi connectivity index (χ2v) is 5.15. The highest BCUT2D eigenvalue weighted by Crippen LogP contribution is 2.19. The van der Waals surface area contributed by atoms with Gasteiger partial charge in [-0.15, -0.1) is 10.2 Å². The summed E-state index contributed by atoms with van der Waals surface area (Å²) in [5.41, 5.74) is 0.882. The molecule has 0 unspecified atom stereocenters. The molecule has 0 spiro atoms. The van der Waals surface area contributed by atoms with Crippen LogP contribution in [0.5, 0.6) is 0 Å². The minimum Gasteiger partial charge on any atom is -0.417 e. The van der Waals surface area contributed by atoms with Crippen LogP contribution in [0.1, 0.15) is 36.0 Å². The third kappa shape index (κ3) is 3.17. The molecule has 1 amide bonds. The quantitative estimate of drug-likeness (QED) is 0.869. The molecule has 106 valence electrons. The van der Waals surface area contributed by atoms with E-state index in [0.717, 1.165) is 5.56 Å². The van der Waals surface area contributed by atoms with E-state index in [4.69, 9.17) is 16.0 Å². The number of benzene rings is 1. The molecule has 1 aromatic heterocycles. The molecule has 2 rings (SSSR count). The van der Waals surface area contributed by atoms with Gasteiger partial charge in [0.25, 0.3) is 0 Å². The molecule has 0 bridgehead atoms. The van der Waals surface area contributed by atoms with Crippen LogP contribution >= 0.6 is 11.6 Å². The summed E-state index contributed by atoms with van der Waals surface area (Å²) >= 11 is 6.14. The fraction of sp³-hybridized carbons (Fsp3) is 0.357. The van der Waals surface area contributed by atoms with Crippen LogP contribution in [0.4, 0.5) is 0 Å². The van der Waals surface area contributed by atoms with Crippen molar-refractivity contribution in [1.82, 2.24) is 15.1 Å². The third-order valence-corrected chi connectivity index (χ3v) is 3.26. The molecule has 0 aliphatic heterocycles. The predicted molar refractivity (Wildman–Crippen MR) is 75.5 cm³/mol. The van der Waals surface area contributed by atoms with E-state index in [0.29, 0.717) is 17.5 Å². The molecule has 5 nitrogen and oxygen atoms in total. The van der Waals surface area contributed by atoms with Crippen molar-refractivity contribution in [2.24, 2.45) is 0 Å². The molecule has 1 aromatic carbocycles. The highest BCUT2D eigenvalue weighted by Gasteiger charge is 2.24. The summed E-state index contributed by atoms with van der Waals surface area (Å²) in [6.07, 6.45) is 0. The van der Waals surface area contributed by atoms with Gasteiger partial charge in [-0.3, -0.25) is 4.79 Å².